The Labute approximate surface area is 165 Å². The topological polar surface area (TPSA) is 69.7 Å². The molecule has 1 atom stereocenters. The van der Waals surface area contributed by atoms with Gasteiger partial charge in [-0.1, -0.05) is 67.6 Å². The molecule has 1 saturated heterocycles. The van der Waals surface area contributed by atoms with E-state index in [1.165, 1.54) is 0 Å². The van der Waals surface area contributed by atoms with E-state index in [-0.39, 0.29) is 18.4 Å². The Kier molecular flexibility index (Phi) is 5.78. The zero-order valence-corrected chi connectivity index (χ0v) is 16.2. The van der Waals surface area contributed by atoms with Crippen LogP contribution in [0, 0.1) is 0 Å². The van der Waals surface area contributed by atoms with Crippen LogP contribution in [0.2, 0.25) is 0 Å². The first-order valence-electron chi connectivity index (χ1n) is 9.53. The van der Waals surface area contributed by atoms with Gasteiger partial charge in [-0.05, 0) is 24.5 Å². The van der Waals surface area contributed by atoms with Gasteiger partial charge < -0.3 is 10.2 Å². The summed E-state index contributed by atoms with van der Waals surface area (Å²) in [4.78, 5) is 41.2. The summed E-state index contributed by atoms with van der Waals surface area (Å²) < 4.78 is 0. The lowest BCUT2D eigenvalue weighted by Crippen LogP contribution is -2.45. The Balaban J connectivity index is 1.77. The molecule has 0 spiro atoms. The highest BCUT2D eigenvalue weighted by molar-refractivity contribution is 6.09. The van der Waals surface area contributed by atoms with E-state index in [0.29, 0.717) is 19.5 Å². The molecule has 1 aliphatic heterocycles. The fraction of sp³-hybridized carbons (Fsp3) is 0.318. The molecule has 1 N–H and O–H groups in total. The van der Waals surface area contributed by atoms with Crippen LogP contribution in [0.15, 0.2) is 60.7 Å². The number of carbonyl (C=O) groups is 3. The maximum absolute atomic E-state index is 13.1. The molecule has 2 aromatic carbocycles. The Morgan fingerprint density at radius 1 is 1.00 bits per heavy atom. The number of hydrogen-bond acceptors (Lipinski definition) is 3. The molecule has 0 saturated carbocycles. The number of nitrogens with zero attached hydrogens (tertiary/aromatic N) is 2. The van der Waals surface area contributed by atoms with Crippen LogP contribution in [0.5, 0.6) is 0 Å². The van der Waals surface area contributed by atoms with Crippen LogP contribution in [-0.2, 0) is 21.7 Å². The Hall–Kier alpha value is -3.15. The van der Waals surface area contributed by atoms with Gasteiger partial charge in [-0.15, -0.1) is 0 Å². The van der Waals surface area contributed by atoms with E-state index in [1.807, 2.05) is 74.5 Å². The van der Waals surface area contributed by atoms with Crippen LogP contribution in [0.3, 0.4) is 0 Å². The summed E-state index contributed by atoms with van der Waals surface area (Å²) in [5.74, 6) is -0.634. The summed E-state index contributed by atoms with van der Waals surface area (Å²) >= 11 is 0. The van der Waals surface area contributed by atoms with Crippen LogP contribution in [0.1, 0.15) is 31.4 Å². The summed E-state index contributed by atoms with van der Waals surface area (Å²) in [6, 6.07) is 18.3. The molecule has 0 aromatic heterocycles. The summed E-state index contributed by atoms with van der Waals surface area (Å²) in [5, 5.41) is 2.81. The highest BCUT2D eigenvalue weighted by Crippen LogP contribution is 2.32. The van der Waals surface area contributed by atoms with Crippen LogP contribution in [0.25, 0.3) is 0 Å². The molecule has 0 radical (unpaired) electrons. The van der Waals surface area contributed by atoms with Gasteiger partial charge in [-0.25, -0.2) is 4.79 Å². The van der Waals surface area contributed by atoms with Crippen molar-refractivity contribution in [1.29, 1.82) is 0 Å². The number of nitrogens with one attached hydrogen (secondary N) is 1. The number of amides is 4. The summed E-state index contributed by atoms with van der Waals surface area (Å²) in [7, 11) is 0. The van der Waals surface area contributed by atoms with E-state index in [1.54, 1.807) is 4.90 Å². The molecule has 4 amide bonds. The van der Waals surface area contributed by atoms with Crippen molar-refractivity contribution in [3.63, 3.8) is 0 Å². The average Bonchev–Trinajstić information content (AvgIpc) is 2.98. The third kappa shape index (κ3) is 3.63. The summed E-state index contributed by atoms with van der Waals surface area (Å²) in [5.41, 5.74) is 0.610. The molecule has 2 aromatic rings. The number of rotatable bonds is 7. The van der Waals surface area contributed by atoms with Crippen molar-refractivity contribution < 1.29 is 14.4 Å². The van der Waals surface area contributed by atoms with Crippen molar-refractivity contribution in [2.75, 3.05) is 13.1 Å². The third-order valence-corrected chi connectivity index (χ3v) is 5.22. The van der Waals surface area contributed by atoms with Crippen molar-refractivity contribution in [2.45, 2.75) is 32.4 Å². The number of likely N-dealkylation sites (N-methyl/N-ethyl adjacent to an activating group) is 1. The molecular formula is C22H25N3O3. The fourth-order valence-electron chi connectivity index (χ4n) is 3.55. The molecule has 0 aliphatic carbocycles. The van der Waals surface area contributed by atoms with Gasteiger partial charge in [0.2, 0.25) is 5.91 Å². The number of imide groups is 1. The smallest absolute Gasteiger partial charge is 0.325 e. The van der Waals surface area contributed by atoms with Crippen LogP contribution >= 0.6 is 0 Å². The van der Waals surface area contributed by atoms with E-state index in [4.69, 9.17) is 0 Å². The molecule has 1 heterocycles. The minimum Gasteiger partial charge on any atom is -0.337 e. The molecule has 28 heavy (non-hydrogen) atoms. The number of benzene rings is 2. The van der Waals surface area contributed by atoms with Gasteiger partial charge in [-0.2, -0.15) is 0 Å². The quantitative estimate of drug-likeness (QED) is 0.752. The largest absolute Gasteiger partial charge is 0.337 e. The normalized spacial score (nSPS) is 18.9. The average molecular weight is 379 g/mol. The van der Waals surface area contributed by atoms with Crippen molar-refractivity contribution >= 4 is 17.8 Å². The van der Waals surface area contributed by atoms with Crippen LogP contribution in [-0.4, -0.2) is 40.7 Å². The highest BCUT2D eigenvalue weighted by Gasteiger charge is 2.51. The van der Waals surface area contributed by atoms with Gasteiger partial charge in [0.1, 0.15) is 12.1 Å². The molecule has 146 valence electrons. The lowest BCUT2D eigenvalue weighted by molar-refractivity contribution is -0.139. The van der Waals surface area contributed by atoms with E-state index in [0.717, 1.165) is 16.0 Å². The SMILES string of the molecule is CCN(Cc1ccccc1)C(=O)CN1C(=O)N[C@](CC)(c2ccccc2)C1=O. The van der Waals surface area contributed by atoms with Crippen molar-refractivity contribution in [2.24, 2.45) is 0 Å². The van der Waals surface area contributed by atoms with Gasteiger partial charge in [0.25, 0.3) is 5.91 Å². The molecule has 1 fully saturated rings. The molecule has 0 bridgehead atoms. The molecule has 1 aliphatic rings. The monoisotopic (exact) mass is 379 g/mol. The van der Waals surface area contributed by atoms with Crippen molar-refractivity contribution in [3.05, 3.63) is 71.8 Å². The fourth-order valence-corrected chi connectivity index (χ4v) is 3.55. The third-order valence-electron chi connectivity index (χ3n) is 5.22. The van der Waals surface area contributed by atoms with Crippen LogP contribution in [0.4, 0.5) is 4.79 Å². The number of urea groups is 1. The standard InChI is InChI=1S/C22H25N3O3/c1-3-22(18-13-9-6-10-14-18)20(27)25(21(28)23-22)16-19(26)24(4-2)15-17-11-7-5-8-12-17/h5-14H,3-4,15-16H2,1-2H3,(H,23,28)/t22-/m1/s1. The minimum absolute atomic E-state index is 0.255. The Morgan fingerprint density at radius 3 is 2.18 bits per heavy atom. The lowest BCUT2D eigenvalue weighted by atomic mass is 9.87. The van der Waals surface area contributed by atoms with Gasteiger partial charge in [0, 0.05) is 13.1 Å². The Bertz CT molecular complexity index is 854. The maximum atomic E-state index is 13.1. The van der Waals surface area contributed by atoms with Gasteiger partial charge in [-0.3, -0.25) is 14.5 Å². The van der Waals surface area contributed by atoms with Gasteiger partial charge in [0.15, 0.2) is 0 Å². The van der Waals surface area contributed by atoms with E-state index in [2.05, 4.69) is 5.32 Å². The van der Waals surface area contributed by atoms with E-state index < -0.39 is 11.6 Å². The van der Waals surface area contributed by atoms with Crippen molar-refractivity contribution in [1.82, 2.24) is 15.1 Å². The molecule has 0 unspecified atom stereocenters. The zero-order valence-electron chi connectivity index (χ0n) is 16.2. The predicted molar refractivity (Wildman–Crippen MR) is 106 cm³/mol. The lowest BCUT2D eigenvalue weighted by Gasteiger charge is -2.26. The highest BCUT2D eigenvalue weighted by atomic mass is 16.2. The maximum Gasteiger partial charge on any atom is 0.325 e. The molecular weight excluding hydrogens is 354 g/mol. The second-order valence-electron chi connectivity index (χ2n) is 6.84. The second kappa shape index (κ2) is 8.25. The first-order valence-corrected chi connectivity index (χ1v) is 9.53. The van der Waals surface area contributed by atoms with Crippen molar-refractivity contribution in [3.8, 4) is 0 Å². The summed E-state index contributed by atoms with van der Waals surface area (Å²) in [6.07, 6.45) is 0.411. The van der Waals surface area contributed by atoms with Gasteiger partial charge >= 0.3 is 6.03 Å². The molecule has 3 rings (SSSR count). The number of hydrogen-bond donors (Lipinski definition) is 1. The predicted octanol–water partition coefficient (Wildman–Crippen LogP) is 2.89. The van der Waals surface area contributed by atoms with E-state index >= 15 is 0 Å². The molecule has 6 nitrogen and oxygen atoms in total. The second-order valence-corrected chi connectivity index (χ2v) is 6.84. The first kappa shape index (κ1) is 19.6. The van der Waals surface area contributed by atoms with Crippen LogP contribution < -0.4 is 5.32 Å². The summed E-state index contributed by atoms with van der Waals surface area (Å²) in [6.45, 7) is 4.41. The Morgan fingerprint density at radius 2 is 1.61 bits per heavy atom. The molecule has 6 heteroatoms. The first-order chi connectivity index (χ1) is 13.5. The van der Waals surface area contributed by atoms with Gasteiger partial charge in [0.05, 0.1) is 0 Å². The minimum atomic E-state index is -1.12. The van der Waals surface area contributed by atoms with E-state index in [9.17, 15) is 14.4 Å². The number of carbonyl (C=O) groups excluding carboxylic acids is 3. The zero-order chi connectivity index (χ0) is 20.1.